The van der Waals surface area contributed by atoms with Crippen LogP contribution >= 0.6 is 0 Å². The van der Waals surface area contributed by atoms with Gasteiger partial charge in [-0.05, 0) is 0 Å². The third kappa shape index (κ3) is 1.47. The highest BCUT2D eigenvalue weighted by Crippen LogP contribution is 1.97. The first-order chi connectivity index (χ1) is 5.29. The average molecular weight is 158 g/mol. The minimum atomic E-state index is -0.555. The summed E-state index contributed by atoms with van der Waals surface area (Å²) in [4.78, 5) is 10.3. The van der Waals surface area contributed by atoms with Crippen molar-refractivity contribution in [3.8, 4) is 0 Å². The predicted octanol–water partition coefficient (Wildman–Crippen LogP) is -1.75. The minimum absolute atomic E-state index is 0.299. The second-order valence-corrected chi connectivity index (χ2v) is 2.08. The summed E-state index contributed by atoms with van der Waals surface area (Å²) in [6.45, 7) is 0.299. The number of carbonyl (C=O) groups excluding carboxylic acids is 1. The SMILES string of the molecule is COCC1=NNC(C=O)N1N. The largest absolute Gasteiger partial charge is 0.377 e. The molecule has 0 aromatic rings. The van der Waals surface area contributed by atoms with Crippen molar-refractivity contribution in [1.82, 2.24) is 10.4 Å². The standard InChI is InChI=1S/C5H10N4O2/c1-11-3-5-8-7-4(2-10)9(5)6/h2,4,7H,3,6H2,1H3. The first kappa shape index (κ1) is 7.96. The van der Waals surface area contributed by atoms with Gasteiger partial charge in [-0.15, -0.1) is 0 Å². The van der Waals surface area contributed by atoms with Crippen LogP contribution in [0.5, 0.6) is 0 Å². The highest BCUT2D eigenvalue weighted by molar-refractivity contribution is 5.87. The van der Waals surface area contributed by atoms with Crippen LogP contribution in [-0.4, -0.2) is 37.0 Å². The molecular formula is C5H10N4O2. The lowest BCUT2D eigenvalue weighted by Gasteiger charge is -2.15. The lowest BCUT2D eigenvalue weighted by molar-refractivity contribution is -0.111. The number of carbonyl (C=O) groups is 1. The van der Waals surface area contributed by atoms with Crippen LogP contribution in [0.2, 0.25) is 0 Å². The molecular weight excluding hydrogens is 148 g/mol. The number of nitrogens with two attached hydrogens (primary N) is 1. The Balaban J connectivity index is 2.51. The first-order valence-corrected chi connectivity index (χ1v) is 3.10. The Morgan fingerprint density at radius 2 is 2.73 bits per heavy atom. The molecule has 1 atom stereocenters. The summed E-state index contributed by atoms with van der Waals surface area (Å²) >= 11 is 0. The van der Waals surface area contributed by atoms with Crippen LogP contribution in [0.25, 0.3) is 0 Å². The molecule has 0 saturated heterocycles. The molecule has 1 aliphatic rings. The summed E-state index contributed by atoms with van der Waals surface area (Å²) in [6.07, 6.45) is 0.117. The minimum Gasteiger partial charge on any atom is -0.377 e. The predicted molar refractivity (Wildman–Crippen MR) is 38.3 cm³/mol. The van der Waals surface area contributed by atoms with Gasteiger partial charge in [0.15, 0.2) is 18.3 Å². The Morgan fingerprint density at radius 1 is 2.00 bits per heavy atom. The Kier molecular flexibility index (Phi) is 2.40. The van der Waals surface area contributed by atoms with Gasteiger partial charge in [0.05, 0.1) is 0 Å². The second kappa shape index (κ2) is 3.31. The highest BCUT2D eigenvalue weighted by Gasteiger charge is 2.23. The molecule has 0 spiro atoms. The summed E-state index contributed by atoms with van der Waals surface area (Å²) in [5.74, 6) is 5.97. The topological polar surface area (TPSA) is 80.0 Å². The van der Waals surface area contributed by atoms with Gasteiger partial charge in [0.1, 0.15) is 6.61 Å². The summed E-state index contributed by atoms with van der Waals surface area (Å²) in [6, 6.07) is 0. The fourth-order valence-electron chi connectivity index (χ4n) is 0.753. The summed E-state index contributed by atoms with van der Waals surface area (Å²) in [5, 5.41) is 5.00. The van der Waals surface area contributed by atoms with E-state index in [9.17, 15) is 4.79 Å². The van der Waals surface area contributed by atoms with Crippen LogP contribution in [-0.2, 0) is 9.53 Å². The molecule has 1 rings (SSSR count). The van der Waals surface area contributed by atoms with E-state index < -0.39 is 6.17 Å². The second-order valence-electron chi connectivity index (χ2n) is 2.08. The highest BCUT2D eigenvalue weighted by atomic mass is 16.5. The lowest BCUT2D eigenvalue weighted by Crippen LogP contribution is -2.47. The Bertz CT molecular complexity index is 181. The van der Waals surface area contributed by atoms with E-state index in [4.69, 9.17) is 10.6 Å². The molecule has 1 aliphatic heterocycles. The normalized spacial score (nSPS) is 22.9. The number of rotatable bonds is 3. The number of hydrazone groups is 1. The van der Waals surface area contributed by atoms with Gasteiger partial charge in [0.2, 0.25) is 0 Å². The number of ether oxygens (including phenoxy) is 1. The molecule has 0 bridgehead atoms. The molecule has 0 aliphatic carbocycles. The molecule has 0 amide bonds. The van der Waals surface area contributed by atoms with Crippen molar-refractivity contribution in [3.63, 3.8) is 0 Å². The maximum Gasteiger partial charge on any atom is 0.186 e. The Labute approximate surface area is 64.0 Å². The molecule has 1 heterocycles. The van der Waals surface area contributed by atoms with Gasteiger partial charge in [-0.25, -0.2) is 5.84 Å². The molecule has 0 saturated carbocycles. The Hall–Kier alpha value is -1.14. The molecule has 0 fully saturated rings. The van der Waals surface area contributed by atoms with Crippen molar-refractivity contribution in [3.05, 3.63) is 0 Å². The number of hydrogen-bond acceptors (Lipinski definition) is 6. The van der Waals surface area contributed by atoms with E-state index in [1.54, 1.807) is 0 Å². The molecule has 0 aromatic heterocycles. The fourth-order valence-corrected chi connectivity index (χ4v) is 0.753. The average Bonchev–Trinajstić information content (AvgIpc) is 2.34. The van der Waals surface area contributed by atoms with Crippen molar-refractivity contribution < 1.29 is 9.53 Å². The van der Waals surface area contributed by atoms with Crippen LogP contribution in [0.15, 0.2) is 5.10 Å². The van der Waals surface area contributed by atoms with Crippen molar-refractivity contribution in [2.45, 2.75) is 6.17 Å². The van der Waals surface area contributed by atoms with Crippen LogP contribution in [0.4, 0.5) is 0 Å². The summed E-state index contributed by atoms with van der Waals surface area (Å²) in [7, 11) is 1.53. The van der Waals surface area contributed by atoms with E-state index in [0.29, 0.717) is 18.7 Å². The third-order valence-electron chi connectivity index (χ3n) is 1.33. The van der Waals surface area contributed by atoms with Gasteiger partial charge in [-0.2, -0.15) is 5.10 Å². The van der Waals surface area contributed by atoms with Gasteiger partial charge >= 0.3 is 0 Å². The molecule has 0 aromatic carbocycles. The maximum absolute atomic E-state index is 10.3. The monoisotopic (exact) mass is 158 g/mol. The van der Waals surface area contributed by atoms with Gasteiger partial charge < -0.3 is 4.74 Å². The number of amidine groups is 1. The van der Waals surface area contributed by atoms with Crippen LogP contribution < -0.4 is 11.3 Å². The number of aldehydes is 1. The van der Waals surface area contributed by atoms with E-state index in [0.717, 1.165) is 0 Å². The summed E-state index contributed by atoms with van der Waals surface area (Å²) < 4.78 is 4.78. The van der Waals surface area contributed by atoms with Gasteiger partial charge in [0.25, 0.3) is 0 Å². The molecule has 1 unspecified atom stereocenters. The molecule has 11 heavy (non-hydrogen) atoms. The van der Waals surface area contributed by atoms with Gasteiger partial charge in [0, 0.05) is 7.11 Å². The molecule has 62 valence electrons. The number of hydrazine groups is 1. The van der Waals surface area contributed by atoms with Gasteiger partial charge in [-0.1, -0.05) is 0 Å². The zero-order chi connectivity index (χ0) is 8.27. The van der Waals surface area contributed by atoms with E-state index in [-0.39, 0.29) is 0 Å². The number of methoxy groups -OCH3 is 1. The van der Waals surface area contributed by atoms with Crippen molar-refractivity contribution in [2.24, 2.45) is 10.9 Å². The smallest absolute Gasteiger partial charge is 0.186 e. The van der Waals surface area contributed by atoms with Crippen LogP contribution in [0, 0.1) is 0 Å². The zero-order valence-electron chi connectivity index (χ0n) is 6.15. The van der Waals surface area contributed by atoms with E-state index in [1.165, 1.54) is 12.1 Å². The molecule has 6 nitrogen and oxygen atoms in total. The molecule has 0 radical (unpaired) electrons. The fraction of sp³-hybridized carbons (Fsp3) is 0.600. The van der Waals surface area contributed by atoms with E-state index >= 15 is 0 Å². The zero-order valence-corrected chi connectivity index (χ0v) is 6.15. The van der Waals surface area contributed by atoms with Crippen molar-refractivity contribution >= 4 is 12.1 Å². The maximum atomic E-state index is 10.3. The molecule has 6 heteroatoms. The first-order valence-electron chi connectivity index (χ1n) is 3.10. The number of nitrogens with zero attached hydrogens (tertiary/aromatic N) is 2. The third-order valence-corrected chi connectivity index (χ3v) is 1.33. The van der Waals surface area contributed by atoms with Gasteiger partial charge in [-0.3, -0.25) is 15.2 Å². The quantitative estimate of drug-likeness (QED) is 0.376. The lowest BCUT2D eigenvalue weighted by atomic mass is 10.5. The van der Waals surface area contributed by atoms with Crippen LogP contribution in [0.1, 0.15) is 0 Å². The van der Waals surface area contributed by atoms with E-state index in [1.807, 2.05) is 0 Å². The number of nitrogens with one attached hydrogen (secondary N) is 1. The number of hydrogen-bond donors (Lipinski definition) is 2. The summed E-state index contributed by atoms with van der Waals surface area (Å²) in [5.41, 5.74) is 2.53. The Morgan fingerprint density at radius 3 is 3.18 bits per heavy atom. The van der Waals surface area contributed by atoms with Crippen molar-refractivity contribution in [2.75, 3.05) is 13.7 Å². The van der Waals surface area contributed by atoms with E-state index in [2.05, 4.69) is 10.5 Å². The van der Waals surface area contributed by atoms with Crippen LogP contribution in [0.3, 0.4) is 0 Å². The molecule has 3 N–H and O–H groups in total. The van der Waals surface area contributed by atoms with Crippen molar-refractivity contribution in [1.29, 1.82) is 0 Å².